The van der Waals surface area contributed by atoms with Crippen molar-refractivity contribution in [2.75, 3.05) is 5.32 Å². The number of anilines is 1. The van der Waals surface area contributed by atoms with Gasteiger partial charge in [-0.2, -0.15) is 13.2 Å². The molecule has 0 saturated heterocycles. The van der Waals surface area contributed by atoms with Crippen molar-refractivity contribution in [1.82, 2.24) is 14.5 Å². The summed E-state index contributed by atoms with van der Waals surface area (Å²) in [4.78, 5) is 29.3. The van der Waals surface area contributed by atoms with Gasteiger partial charge in [-0.25, -0.2) is 4.98 Å². The van der Waals surface area contributed by atoms with Crippen LogP contribution in [0.15, 0.2) is 33.9 Å². The number of hydrogen-bond acceptors (Lipinski definition) is 4. The zero-order valence-electron chi connectivity index (χ0n) is 12.2. The Balaban J connectivity index is 2.31. The second-order valence-corrected chi connectivity index (χ2v) is 5.92. The molecule has 11 heteroatoms. The average Bonchev–Trinajstić information content (AvgIpc) is 2.88. The highest BCUT2D eigenvalue weighted by Crippen LogP contribution is 2.40. The van der Waals surface area contributed by atoms with Crippen molar-refractivity contribution >= 4 is 27.5 Å². The lowest BCUT2D eigenvalue weighted by Gasteiger charge is -2.29. The summed E-state index contributed by atoms with van der Waals surface area (Å²) < 4.78 is 41.4. The van der Waals surface area contributed by atoms with Crippen LogP contribution < -0.4 is 10.9 Å². The molecule has 0 aliphatic rings. The topological polar surface area (TPSA) is 100 Å². The first-order chi connectivity index (χ1) is 11.0. The monoisotopic (exact) mass is 408 g/mol. The molecule has 0 aliphatic carbocycles. The normalized spacial score (nSPS) is 14.2. The van der Waals surface area contributed by atoms with E-state index in [4.69, 9.17) is 0 Å². The van der Waals surface area contributed by atoms with Crippen LogP contribution in [-0.2, 0) is 17.4 Å². The summed E-state index contributed by atoms with van der Waals surface area (Å²) in [5.41, 5.74) is -4.44. The van der Waals surface area contributed by atoms with E-state index >= 15 is 0 Å². The highest BCUT2D eigenvalue weighted by molar-refractivity contribution is 9.10. The Labute approximate surface area is 141 Å². The first kappa shape index (κ1) is 18.2. The Bertz CT molecular complexity index is 817. The van der Waals surface area contributed by atoms with Crippen LogP contribution in [-0.4, -0.2) is 31.7 Å². The third kappa shape index (κ3) is 3.51. The van der Waals surface area contributed by atoms with E-state index in [-0.39, 0.29) is 5.69 Å². The lowest BCUT2D eigenvalue weighted by Crippen LogP contribution is -2.47. The van der Waals surface area contributed by atoms with Crippen molar-refractivity contribution in [3.05, 3.63) is 45.3 Å². The molecule has 2 heterocycles. The molecule has 0 spiro atoms. The lowest BCUT2D eigenvalue weighted by molar-refractivity contribution is -0.270. The number of aryl methyl sites for hydroxylation is 1. The molecule has 0 bridgehead atoms. The molecule has 1 unspecified atom stereocenters. The SMILES string of the molecule is Cn1ccnc1C(O)(CC(=O)Nc1cc(Br)c[nH]c1=O)C(F)(F)F. The van der Waals surface area contributed by atoms with Crippen molar-refractivity contribution in [3.63, 3.8) is 0 Å². The van der Waals surface area contributed by atoms with Crippen LogP contribution in [0, 0.1) is 0 Å². The van der Waals surface area contributed by atoms with Crippen molar-refractivity contribution in [2.24, 2.45) is 7.05 Å². The van der Waals surface area contributed by atoms with E-state index in [1.807, 2.05) is 0 Å². The van der Waals surface area contributed by atoms with Crippen molar-refractivity contribution in [2.45, 2.75) is 18.2 Å². The number of carbonyl (C=O) groups is 1. The van der Waals surface area contributed by atoms with Gasteiger partial charge in [0, 0.05) is 30.1 Å². The number of aromatic nitrogens is 3. The van der Waals surface area contributed by atoms with Crippen molar-refractivity contribution in [3.8, 4) is 0 Å². The fourth-order valence-corrected chi connectivity index (χ4v) is 2.39. The highest BCUT2D eigenvalue weighted by Gasteiger charge is 2.58. The molecule has 2 rings (SSSR count). The van der Waals surface area contributed by atoms with Gasteiger partial charge in [0.25, 0.3) is 5.56 Å². The molecule has 0 radical (unpaired) electrons. The highest BCUT2D eigenvalue weighted by atomic mass is 79.9. The summed E-state index contributed by atoms with van der Waals surface area (Å²) >= 11 is 3.06. The number of alkyl halides is 3. The predicted molar refractivity (Wildman–Crippen MR) is 81.2 cm³/mol. The number of pyridine rings is 1. The number of halogens is 4. The number of amides is 1. The Hall–Kier alpha value is -2.14. The predicted octanol–water partition coefficient (Wildman–Crippen LogP) is 1.65. The number of nitrogens with zero attached hydrogens (tertiary/aromatic N) is 2. The molecule has 130 valence electrons. The second kappa shape index (κ2) is 6.40. The zero-order chi connectivity index (χ0) is 18.1. The summed E-state index contributed by atoms with van der Waals surface area (Å²) in [6.45, 7) is 0. The van der Waals surface area contributed by atoms with Gasteiger partial charge >= 0.3 is 6.18 Å². The van der Waals surface area contributed by atoms with E-state index in [1.165, 1.54) is 25.5 Å². The summed E-state index contributed by atoms with van der Waals surface area (Å²) in [6.07, 6.45) is -2.91. The maximum atomic E-state index is 13.3. The molecule has 0 fully saturated rings. The van der Waals surface area contributed by atoms with E-state index in [0.29, 0.717) is 4.47 Å². The van der Waals surface area contributed by atoms with Gasteiger partial charge in [-0.05, 0) is 22.0 Å². The van der Waals surface area contributed by atoms with Gasteiger partial charge in [0.1, 0.15) is 5.69 Å². The Morgan fingerprint density at radius 1 is 1.50 bits per heavy atom. The second-order valence-electron chi connectivity index (χ2n) is 5.01. The number of aromatic amines is 1. The van der Waals surface area contributed by atoms with E-state index < -0.39 is 35.5 Å². The minimum atomic E-state index is -5.15. The largest absolute Gasteiger partial charge is 0.425 e. The number of imidazole rings is 1. The molecule has 0 aliphatic heterocycles. The molecule has 1 amide bonds. The Morgan fingerprint density at radius 2 is 2.17 bits per heavy atom. The molecule has 0 aromatic carbocycles. The van der Waals surface area contributed by atoms with E-state index in [9.17, 15) is 27.9 Å². The van der Waals surface area contributed by atoms with Gasteiger partial charge in [0.2, 0.25) is 11.5 Å². The molecule has 0 saturated carbocycles. The van der Waals surface area contributed by atoms with Gasteiger partial charge in [0.15, 0.2) is 5.82 Å². The molecular weight excluding hydrogens is 397 g/mol. The zero-order valence-corrected chi connectivity index (χ0v) is 13.8. The Kier molecular flexibility index (Phi) is 4.85. The lowest BCUT2D eigenvalue weighted by atomic mass is 9.97. The molecule has 3 N–H and O–H groups in total. The maximum absolute atomic E-state index is 13.3. The summed E-state index contributed by atoms with van der Waals surface area (Å²) in [5, 5.41) is 12.1. The van der Waals surface area contributed by atoms with Crippen LogP contribution in [0.4, 0.5) is 18.9 Å². The van der Waals surface area contributed by atoms with Crippen LogP contribution in [0.25, 0.3) is 0 Å². The summed E-state index contributed by atoms with van der Waals surface area (Å²) in [6, 6.07) is 1.23. The molecule has 1 atom stereocenters. The number of aliphatic hydroxyl groups is 1. The molecule has 24 heavy (non-hydrogen) atoms. The average molecular weight is 409 g/mol. The van der Waals surface area contributed by atoms with E-state index in [2.05, 4.69) is 31.2 Å². The van der Waals surface area contributed by atoms with E-state index in [0.717, 1.165) is 10.8 Å². The quantitative estimate of drug-likeness (QED) is 0.715. The molecule has 7 nitrogen and oxygen atoms in total. The van der Waals surface area contributed by atoms with Gasteiger partial charge in [0.05, 0.1) is 6.42 Å². The van der Waals surface area contributed by atoms with Crippen LogP contribution in [0.2, 0.25) is 0 Å². The van der Waals surface area contributed by atoms with Crippen LogP contribution in [0.1, 0.15) is 12.2 Å². The van der Waals surface area contributed by atoms with Crippen LogP contribution in [0.3, 0.4) is 0 Å². The summed E-state index contributed by atoms with van der Waals surface area (Å²) in [7, 11) is 1.26. The van der Waals surface area contributed by atoms with Crippen molar-refractivity contribution < 1.29 is 23.1 Å². The smallest absolute Gasteiger partial charge is 0.374 e. The standard InChI is InChI=1S/C13H12BrF3N4O3/c1-21-3-2-18-11(21)12(24,13(15,16)17)5-9(22)20-8-4-7(14)6-19-10(8)23/h2-4,6,24H,5H2,1H3,(H,19,23)(H,20,22). The van der Waals surface area contributed by atoms with Gasteiger partial charge in [-0.15, -0.1) is 0 Å². The summed E-state index contributed by atoms with van der Waals surface area (Å²) in [5.74, 6) is -1.92. The fourth-order valence-electron chi connectivity index (χ4n) is 2.05. The Morgan fingerprint density at radius 3 is 2.71 bits per heavy atom. The van der Waals surface area contributed by atoms with Gasteiger partial charge in [-0.3, -0.25) is 9.59 Å². The first-order valence-electron chi connectivity index (χ1n) is 6.49. The number of carbonyl (C=O) groups excluding carboxylic acids is 1. The number of nitrogens with one attached hydrogen (secondary N) is 2. The first-order valence-corrected chi connectivity index (χ1v) is 7.29. The van der Waals surface area contributed by atoms with Gasteiger partial charge < -0.3 is 20.0 Å². The molecule has 2 aromatic heterocycles. The minimum Gasteiger partial charge on any atom is -0.374 e. The molecular formula is C13H12BrF3N4O3. The third-order valence-corrected chi connectivity index (χ3v) is 3.68. The minimum absolute atomic E-state index is 0.251. The van der Waals surface area contributed by atoms with E-state index in [1.54, 1.807) is 0 Å². The third-order valence-electron chi connectivity index (χ3n) is 3.22. The molecule has 2 aromatic rings. The number of H-pyrrole nitrogens is 1. The fraction of sp³-hybridized carbons (Fsp3) is 0.308. The van der Waals surface area contributed by atoms with Crippen molar-refractivity contribution in [1.29, 1.82) is 0 Å². The number of rotatable bonds is 4. The number of hydrogen-bond donors (Lipinski definition) is 3. The van der Waals surface area contributed by atoms with Gasteiger partial charge in [-0.1, -0.05) is 0 Å². The maximum Gasteiger partial charge on any atom is 0.425 e. The van der Waals surface area contributed by atoms with Crippen LogP contribution in [0.5, 0.6) is 0 Å². The van der Waals surface area contributed by atoms with Crippen LogP contribution >= 0.6 is 15.9 Å².